The minimum atomic E-state index is -4.88. The molecule has 1 aromatic heterocycles. The second-order valence-electron chi connectivity index (χ2n) is 6.42. The summed E-state index contributed by atoms with van der Waals surface area (Å²) in [6, 6.07) is -2.45. The fourth-order valence-corrected chi connectivity index (χ4v) is 4.09. The van der Waals surface area contributed by atoms with E-state index in [0.29, 0.717) is 29.4 Å². The number of fused-ring (bicyclic) bond motifs is 4. The van der Waals surface area contributed by atoms with Crippen molar-refractivity contribution < 1.29 is 26.8 Å². The second-order valence-corrected chi connectivity index (χ2v) is 7.43. The monoisotopic (exact) mass is 386 g/mol. The van der Waals surface area contributed by atoms with Crippen LogP contribution in [0.25, 0.3) is 0 Å². The molecule has 0 aromatic carbocycles. The van der Waals surface area contributed by atoms with Gasteiger partial charge in [0.1, 0.15) is 6.04 Å². The zero-order chi connectivity index (χ0) is 18.6. The summed E-state index contributed by atoms with van der Waals surface area (Å²) < 4.78 is 36.8. The molecule has 12 nitrogen and oxygen atoms in total. The summed E-state index contributed by atoms with van der Waals surface area (Å²) in [5.74, 6) is 0. The van der Waals surface area contributed by atoms with Gasteiger partial charge in [0.15, 0.2) is 0 Å². The highest BCUT2D eigenvalue weighted by atomic mass is 32.3. The van der Waals surface area contributed by atoms with Gasteiger partial charge in [-0.1, -0.05) is 0 Å². The summed E-state index contributed by atoms with van der Waals surface area (Å²) >= 11 is 0. The average Bonchev–Trinajstić information content (AvgIpc) is 3.29. The van der Waals surface area contributed by atoms with Gasteiger partial charge in [-0.05, 0) is 12.8 Å². The first-order valence-electron chi connectivity index (χ1n) is 8.16. The number of likely N-dealkylation sites (tertiary alicyclic amines) is 1. The maximum atomic E-state index is 12.6. The lowest BCUT2D eigenvalue weighted by atomic mass is 9.98. The van der Waals surface area contributed by atoms with Crippen LogP contribution in [-0.2, 0) is 14.7 Å². The lowest BCUT2D eigenvalue weighted by Gasteiger charge is -2.28. The van der Waals surface area contributed by atoms with Gasteiger partial charge in [0.2, 0.25) is 0 Å². The molecule has 0 saturated carbocycles. The van der Waals surface area contributed by atoms with Crippen molar-refractivity contribution in [1.82, 2.24) is 24.6 Å². The number of rotatable bonds is 3. The number of nitrogens with two attached hydrogens (primary N) is 1. The van der Waals surface area contributed by atoms with Crippen LogP contribution in [0.3, 0.4) is 0 Å². The van der Waals surface area contributed by atoms with Crippen LogP contribution in [-0.4, -0.2) is 75.9 Å². The summed E-state index contributed by atoms with van der Waals surface area (Å²) in [6.07, 6.45) is 3.33. The fourth-order valence-electron chi connectivity index (χ4n) is 3.72. The highest BCUT2D eigenvalue weighted by molar-refractivity contribution is 7.80. The number of hydrogen-bond donors (Lipinski definition) is 2. The third-order valence-corrected chi connectivity index (χ3v) is 5.23. The molecule has 3 N–H and O–H groups in total. The third-order valence-electron chi connectivity index (χ3n) is 4.88. The molecule has 2 fully saturated rings. The normalized spacial score (nSPS) is 25.2. The van der Waals surface area contributed by atoms with E-state index in [0.717, 1.165) is 12.8 Å². The van der Waals surface area contributed by atoms with Crippen LogP contribution < -0.4 is 5.73 Å². The molecule has 2 bridgehead atoms. The molecule has 2 saturated heterocycles. The van der Waals surface area contributed by atoms with E-state index in [2.05, 4.69) is 9.38 Å². The number of carbonyl (C=O) groups is 2. The Hall–Kier alpha value is -2.22. The Labute approximate surface area is 149 Å². The van der Waals surface area contributed by atoms with Gasteiger partial charge in [0, 0.05) is 31.4 Å². The maximum Gasteiger partial charge on any atom is 0.418 e. The predicted octanol–water partition coefficient (Wildman–Crippen LogP) is -0.526. The minimum Gasteiger partial charge on any atom is -0.328 e. The Bertz CT molecular complexity index is 862. The van der Waals surface area contributed by atoms with Crippen molar-refractivity contribution in [3.05, 3.63) is 17.5 Å². The summed E-state index contributed by atoms with van der Waals surface area (Å²) in [4.78, 5) is 28.0. The SMILES string of the molecule is NCC1c2nn(C(=O)N3CCCC3)cc2C2CN1C(=O)N2OS(=O)(=O)O. The number of carbonyl (C=O) groups excluding carboxylic acids is 2. The largest absolute Gasteiger partial charge is 0.418 e. The first-order valence-corrected chi connectivity index (χ1v) is 9.52. The van der Waals surface area contributed by atoms with Crippen LogP contribution in [0, 0.1) is 0 Å². The minimum absolute atomic E-state index is 0.0418. The fraction of sp³-hybridized carbons (Fsp3) is 0.615. The molecule has 3 aliphatic rings. The van der Waals surface area contributed by atoms with E-state index in [1.807, 2.05) is 0 Å². The number of amides is 3. The number of hydrogen-bond acceptors (Lipinski definition) is 7. The summed E-state index contributed by atoms with van der Waals surface area (Å²) in [7, 11) is -4.88. The maximum absolute atomic E-state index is 12.6. The molecule has 4 rings (SSSR count). The van der Waals surface area contributed by atoms with Gasteiger partial charge < -0.3 is 15.5 Å². The van der Waals surface area contributed by atoms with Crippen molar-refractivity contribution in [2.24, 2.45) is 5.73 Å². The van der Waals surface area contributed by atoms with Gasteiger partial charge in [0.25, 0.3) is 0 Å². The molecule has 13 heteroatoms. The molecule has 142 valence electrons. The lowest BCUT2D eigenvalue weighted by molar-refractivity contribution is -0.0317. The standard InChI is InChI=1S/C13H18N6O6S/c14-5-9-11-8(6-18(15-11)12(20)16-3-1-2-4-16)10-7-17(9)13(21)19(10)25-26(22,23)24/h6,9-10H,1-5,7,14H2,(H,22,23,24). The van der Waals surface area contributed by atoms with E-state index in [9.17, 15) is 18.0 Å². The highest BCUT2D eigenvalue weighted by Gasteiger charge is 2.51. The van der Waals surface area contributed by atoms with Crippen LogP contribution in [0.2, 0.25) is 0 Å². The van der Waals surface area contributed by atoms with E-state index < -0.39 is 28.5 Å². The van der Waals surface area contributed by atoms with Gasteiger partial charge in [-0.25, -0.2) is 9.59 Å². The van der Waals surface area contributed by atoms with Crippen LogP contribution in [0.4, 0.5) is 9.59 Å². The predicted molar refractivity (Wildman–Crippen MR) is 84.9 cm³/mol. The van der Waals surface area contributed by atoms with Crippen molar-refractivity contribution in [2.45, 2.75) is 24.9 Å². The van der Waals surface area contributed by atoms with Crippen LogP contribution >= 0.6 is 0 Å². The van der Waals surface area contributed by atoms with Crippen molar-refractivity contribution in [1.29, 1.82) is 0 Å². The second kappa shape index (κ2) is 5.90. The van der Waals surface area contributed by atoms with Crippen molar-refractivity contribution >= 4 is 22.5 Å². The lowest BCUT2D eigenvalue weighted by Crippen LogP contribution is -2.38. The molecule has 2 unspecified atom stereocenters. The summed E-state index contributed by atoms with van der Waals surface area (Å²) in [6.45, 7) is 1.46. The molecule has 0 radical (unpaired) electrons. The molecule has 3 amide bonds. The molecule has 2 atom stereocenters. The van der Waals surface area contributed by atoms with Crippen molar-refractivity contribution in [3.63, 3.8) is 0 Å². The van der Waals surface area contributed by atoms with E-state index >= 15 is 0 Å². The summed E-state index contributed by atoms with van der Waals surface area (Å²) in [5.41, 5.74) is 6.67. The highest BCUT2D eigenvalue weighted by Crippen LogP contribution is 2.43. The Balaban J connectivity index is 1.72. The number of hydroxylamine groups is 2. The first kappa shape index (κ1) is 17.2. The molecule has 26 heavy (non-hydrogen) atoms. The van der Waals surface area contributed by atoms with Crippen LogP contribution in [0.15, 0.2) is 6.20 Å². The number of aromatic nitrogens is 2. The molecule has 3 aliphatic heterocycles. The van der Waals surface area contributed by atoms with E-state index in [1.165, 1.54) is 15.8 Å². The molecule has 0 spiro atoms. The Morgan fingerprint density at radius 3 is 2.69 bits per heavy atom. The van der Waals surface area contributed by atoms with Gasteiger partial charge in [-0.2, -0.15) is 23.3 Å². The number of nitrogens with zero attached hydrogens (tertiary/aromatic N) is 5. The molecule has 4 heterocycles. The average molecular weight is 386 g/mol. The van der Waals surface area contributed by atoms with Gasteiger partial charge >= 0.3 is 22.5 Å². The molecule has 1 aromatic rings. The zero-order valence-electron chi connectivity index (χ0n) is 13.7. The first-order chi connectivity index (χ1) is 12.3. The number of urea groups is 1. The molecular weight excluding hydrogens is 368 g/mol. The van der Waals surface area contributed by atoms with Crippen LogP contribution in [0.1, 0.15) is 36.2 Å². The van der Waals surface area contributed by atoms with Crippen molar-refractivity contribution in [3.8, 4) is 0 Å². The van der Waals surface area contributed by atoms with Gasteiger partial charge in [-0.3, -0.25) is 4.55 Å². The molecule has 0 aliphatic carbocycles. The molecular formula is C13H18N6O6S. The van der Waals surface area contributed by atoms with Crippen LogP contribution in [0.5, 0.6) is 0 Å². The quantitative estimate of drug-likeness (QED) is 0.658. The topological polar surface area (TPSA) is 151 Å². The Kier molecular flexibility index (Phi) is 3.91. The third kappa shape index (κ3) is 2.63. The smallest absolute Gasteiger partial charge is 0.328 e. The van der Waals surface area contributed by atoms with E-state index in [-0.39, 0.29) is 19.1 Å². The van der Waals surface area contributed by atoms with E-state index in [4.69, 9.17) is 10.3 Å². The Morgan fingerprint density at radius 2 is 2.08 bits per heavy atom. The van der Waals surface area contributed by atoms with Crippen molar-refractivity contribution in [2.75, 3.05) is 26.2 Å². The van der Waals surface area contributed by atoms with E-state index in [1.54, 1.807) is 4.90 Å². The zero-order valence-corrected chi connectivity index (χ0v) is 14.5. The Morgan fingerprint density at radius 1 is 1.38 bits per heavy atom. The summed E-state index contributed by atoms with van der Waals surface area (Å²) in [5, 5.41) is 4.89. The van der Waals surface area contributed by atoms with Gasteiger partial charge in [0.05, 0.1) is 18.3 Å². The van der Waals surface area contributed by atoms with Gasteiger partial charge in [-0.15, -0.1) is 4.28 Å².